The second kappa shape index (κ2) is 6.97. The molecule has 0 aliphatic carbocycles. The molecule has 0 aromatic heterocycles. The monoisotopic (exact) mass is 250 g/mol. The van der Waals surface area contributed by atoms with E-state index in [2.05, 4.69) is 27.7 Å². The van der Waals surface area contributed by atoms with Gasteiger partial charge in [0.05, 0.1) is 0 Å². The molecule has 0 saturated heterocycles. The van der Waals surface area contributed by atoms with Gasteiger partial charge in [-0.15, -0.1) is 24.8 Å². The molecule has 0 saturated carbocycles. The van der Waals surface area contributed by atoms with Crippen molar-refractivity contribution in [2.75, 3.05) is 0 Å². The summed E-state index contributed by atoms with van der Waals surface area (Å²) in [5.74, 6) is 1.25. The molecule has 0 radical (unpaired) electrons. The van der Waals surface area contributed by atoms with Crippen LogP contribution in [0.15, 0.2) is 18.2 Å². The first-order valence-corrected chi connectivity index (χ1v) is 4.85. The van der Waals surface area contributed by atoms with Gasteiger partial charge in [0.2, 0.25) is 0 Å². The molecule has 1 nitrogen and oxygen atoms in total. The highest BCUT2D eigenvalue weighted by molar-refractivity contribution is 5.85. The van der Waals surface area contributed by atoms with Crippen LogP contribution in [0.1, 0.15) is 50.7 Å². The van der Waals surface area contributed by atoms with E-state index in [9.17, 15) is 5.11 Å². The van der Waals surface area contributed by atoms with Crippen LogP contribution in [-0.2, 0) is 0 Å². The Bertz CT molecular complexity index is 269. The Balaban J connectivity index is 0. The van der Waals surface area contributed by atoms with Gasteiger partial charge >= 0.3 is 0 Å². The fourth-order valence-corrected chi connectivity index (χ4v) is 1.51. The van der Waals surface area contributed by atoms with Crippen LogP contribution in [0.2, 0.25) is 0 Å². The zero-order valence-electron chi connectivity index (χ0n) is 9.65. The lowest BCUT2D eigenvalue weighted by molar-refractivity contribution is 0.454. The SMILES string of the molecule is CC(C)c1cccc(C(C)C)c1O.Cl.Cl. The number of aromatic hydroxyl groups is 1. The smallest absolute Gasteiger partial charge is 0.122 e. The lowest BCUT2D eigenvalue weighted by Gasteiger charge is -2.14. The standard InChI is InChI=1S/C12H18O.2ClH/c1-8(2)10-6-5-7-11(9(3)4)12(10)13;;/h5-9,13H,1-4H3;2*1H. The molecule has 1 aromatic carbocycles. The molecule has 0 aliphatic heterocycles. The van der Waals surface area contributed by atoms with Crippen molar-refractivity contribution >= 4 is 24.8 Å². The Morgan fingerprint density at radius 2 is 1.20 bits per heavy atom. The third kappa shape index (κ3) is 3.92. The van der Waals surface area contributed by atoms with Crippen LogP contribution < -0.4 is 0 Å². The fraction of sp³-hybridized carbons (Fsp3) is 0.500. The summed E-state index contributed by atoms with van der Waals surface area (Å²) in [6.07, 6.45) is 0. The van der Waals surface area contributed by atoms with E-state index in [1.165, 1.54) is 0 Å². The number of hydrogen-bond acceptors (Lipinski definition) is 1. The summed E-state index contributed by atoms with van der Waals surface area (Å²) >= 11 is 0. The fourth-order valence-electron chi connectivity index (χ4n) is 1.51. The van der Waals surface area contributed by atoms with E-state index in [0.717, 1.165) is 11.1 Å². The predicted octanol–water partition coefficient (Wildman–Crippen LogP) is 4.48. The maximum Gasteiger partial charge on any atom is 0.122 e. The van der Waals surface area contributed by atoms with Crippen LogP contribution in [0.5, 0.6) is 5.75 Å². The summed E-state index contributed by atoms with van der Waals surface area (Å²) in [7, 11) is 0. The first-order valence-electron chi connectivity index (χ1n) is 4.85. The van der Waals surface area contributed by atoms with Gasteiger partial charge in [0.25, 0.3) is 0 Å². The van der Waals surface area contributed by atoms with Gasteiger partial charge in [-0.1, -0.05) is 45.9 Å². The number of benzene rings is 1. The van der Waals surface area contributed by atoms with Crippen molar-refractivity contribution in [3.8, 4) is 5.75 Å². The van der Waals surface area contributed by atoms with E-state index in [-0.39, 0.29) is 24.8 Å². The summed E-state index contributed by atoms with van der Waals surface area (Å²) in [4.78, 5) is 0. The molecule has 1 rings (SSSR count). The van der Waals surface area contributed by atoms with Crippen molar-refractivity contribution < 1.29 is 5.11 Å². The Kier molecular flexibility index (Phi) is 7.90. The van der Waals surface area contributed by atoms with Crippen molar-refractivity contribution in [3.63, 3.8) is 0 Å². The number of rotatable bonds is 2. The predicted molar refractivity (Wildman–Crippen MR) is 70.8 cm³/mol. The average molecular weight is 251 g/mol. The summed E-state index contributed by atoms with van der Waals surface area (Å²) in [6, 6.07) is 6.00. The van der Waals surface area contributed by atoms with Gasteiger partial charge in [-0.25, -0.2) is 0 Å². The van der Waals surface area contributed by atoms with Crippen molar-refractivity contribution in [1.29, 1.82) is 0 Å². The molecule has 1 aromatic rings. The van der Waals surface area contributed by atoms with Crippen molar-refractivity contribution in [2.45, 2.75) is 39.5 Å². The zero-order valence-corrected chi connectivity index (χ0v) is 11.3. The average Bonchev–Trinajstić information content (AvgIpc) is 2.03. The number of para-hydroxylation sites is 1. The number of halogens is 2. The Morgan fingerprint density at radius 3 is 1.47 bits per heavy atom. The van der Waals surface area contributed by atoms with Crippen molar-refractivity contribution in [2.24, 2.45) is 0 Å². The number of hydrogen-bond donors (Lipinski definition) is 1. The molecule has 0 bridgehead atoms. The van der Waals surface area contributed by atoms with E-state index in [1.807, 2.05) is 18.2 Å². The lowest BCUT2D eigenvalue weighted by atomic mass is 9.94. The number of phenols is 1. The van der Waals surface area contributed by atoms with Gasteiger partial charge in [0, 0.05) is 0 Å². The van der Waals surface area contributed by atoms with Crippen LogP contribution in [0.4, 0.5) is 0 Å². The molecule has 0 spiro atoms. The molecular weight excluding hydrogens is 231 g/mol. The van der Waals surface area contributed by atoms with Gasteiger partial charge in [-0.05, 0) is 23.0 Å². The topological polar surface area (TPSA) is 20.2 Å². The van der Waals surface area contributed by atoms with Gasteiger partial charge in [0.1, 0.15) is 5.75 Å². The van der Waals surface area contributed by atoms with E-state index in [0.29, 0.717) is 17.6 Å². The molecule has 1 N–H and O–H groups in total. The molecular formula is C12H20Cl2O. The van der Waals surface area contributed by atoms with E-state index in [4.69, 9.17) is 0 Å². The molecule has 3 heteroatoms. The summed E-state index contributed by atoms with van der Waals surface area (Å²) in [5, 5.41) is 9.93. The quantitative estimate of drug-likeness (QED) is 0.821. The van der Waals surface area contributed by atoms with Crippen LogP contribution in [0.25, 0.3) is 0 Å². The molecule has 0 aliphatic rings. The molecule has 0 fully saturated rings. The van der Waals surface area contributed by atoms with Crippen LogP contribution >= 0.6 is 24.8 Å². The molecule has 88 valence electrons. The molecule has 0 heterocycles. The van der Waals surface area contributed by atoms with Crippen LogP contribution in [0.3, 0.4) is 0 Å². The maximum absolute atomic E-state index is 9.93. The van der Waals surface area contributed by atoms with Gasteiger partial charge in [-0.3, -0.25) is 0 Å². The Morgan fingerprint density at radius 1 is 0.867 bits per heavy atom. The highest BCUT2D eigenvalue weighted by Crippen LogP contribution is 2.32. The van der Waals surface area contributed by atoms with Gasteiger partial charge in [-0.2, -0.15) is 0 Å². The molecule has 15 heavy (non-hydrogen) atoms. The minimum Gasteiger partial charge on any atom is -0.507 e. The minimum atomic E-state index is 0. The Labute approximate surface area is 105 Å². The van der Waals surface area contributed by atoms with Gasteiger partial charge in [0.15, 0.2) is 0 Å². The second-order valence-corrected chi connectivity index (χ2v) is 4.09. The van der Waals surface area contributed by atoms with Crippen LogP contribution in [-0.4, -0.2) is 5.11 Å². The molecule has 0 atom stereocenters. The third-order valence-corrected chi connectivity index (χ3v) is 2.34. The first-order chi connectivity index (χ1) is 6.04. The molecule has 0 unspecified atom stereocenters. The maximum atomic E-state index is 9.93. The normalized spacial score (nSPS) is 9.73. The van der Waals surface area contributed by atoms with E-state index in [1.54, 1.807) is 0 Å². The van der Waals surface area contributed by atoms with E-state index >= 15 is 0 Å². The summed E-state index contributed by atoms with van der Waals surface area (Å²) < 4.78 is 0. The number of phenolic OH excluding ortho intramolecular Hbond substituents is 1. The summed E-state index contributed by atoms with van der Waals surface area (Å²) in [5.41, 5.74) is 2.09. The minimum absolute atomic E-state index is 0. The highest BCUT2D eigenvalue weighted by atomic mass is 35.5. The summed E-state index contributed by atoms with van der Waals surface area (Å²) in [6.45, 7) is 8.39. The second-order valence-electron chi connectivity index (χ2n) is 4.09. The lowest BCUT2D eigenvalue weighted by Crippen LogP contribution is -1.94. The third-order valence-electron chi connectivity index (χ3n) is 2.34. The van der Waals surface area contributed by atoms with Crippen LogP contribution in [0, 0.1) is 0 Å². The zero-order chi connectivity index (χ0) is 10.0. The van der Waals surface area contributed by atoms with Crippen molar-refractivity contribution in [3.05, 3.63) is 29.3 Å². The Hall–Kier alpha value is -0.400. The van der Waals surface area contributed by atoms with Gasteiger partial charge < -0.3 is 5.11 Å². The van der Waals surface area contributed by atoms with Crippen molar-refractivity contribution in [1.82, 2.24) is 0 Å². The van der Waals surface area contributed by atoms with E-state index < -0.39 is 0 Å². The molecule has 0 amide bonds. The highest BCUT2D eigenvalue weighted by Gasteiger charge is 2.11. The largest absolute Gasteiger partial charge is 0.507 e. The first kappa shape index (κ1) is 17.0.